The maximum Gasteiger partial charge on any atom is 0.246 e. The smallest absolute Gasteiger partial charge is 0.246 e. The van der Waals surface area contributed by atoms with Crippen LogP contribution in [-0.4, -0.2) is 40.4 Å². The van der Waals surface area contributed by atoms with E-state index in [4.69, 9.17) is 0 Å². The van der Waals surface area contributed by atoms with E-state index in [9.17, 15) is 8.42 Å². The Morgan fingerprint density at radius 2 is 2.29 bits per heavy atom. The molecule has 0 aromatic carbocycles. The summed E-state index contributed by atoms with van der Waals surface area (Å²) in [6.45, 7) is 2.68. The Morgan fingerprint density at radius 3 is 2.82 bits per heavy atom. The van der Waals surface area contributed by atoms with Crippen molar-refractivity contribution in [2.45, 2.75) is 24.3 Å². The quantitative estimate of drug-likeness (QED) is 0.786. The van der Waals surface area contributed by atoms with Crippen LogP contribution in [-0.2, 0) is 17.1 Å². The van der Waals surface area contributed by atoms with Crippen molar-refractivity contribution in [3.05, 3.63) is 12.4 Å². The second kappa shape index (κ2) is 4.70. The molecular weight excluding hydrogens is 306 g/mol. The zero-order valence-corrected chi connectivity index (χ0v) is 12.3. The Morgan fingerprint density at radius 1 is 1.59 bits per heavy atom. The summed E-state index contributed by atoms with van der Waals surface area (Å²) in [5.41, 5.74) is 0. The van der Waals surface area contributed by atoms with Gasteiger partial charge in [-0.05, 0) is 12.3 Å². The minimum atomic E-state index is -3.39. The predicted octanol–water partition coefficient (Wildman–Crippen LogP) is 1.21. The molecule has 1 saturated heterocycles. The first kappa shape index (κ1) is 13.0. The molecule has 0 amide bonds. The average molecular weight is 322 g/mol. The fourth-order valence-corrected chi connectivity index (χ4v) is 5.07. The molecule has 1 aliphatic heterocycles. The maximum absolute atomic E-state index is 12.4. The fraction of sp³-hybridized carbons (Fsp3) is 0.700. The second-order valence-corrected chi connectivity index (χ2v) is 6.99. The van der Waals surface area contributed by atoms with Crippen molar-refractivity contribution in [2.75, 3.05) is 11.9 Å². The molecule has 1 fully saturated rings. The van der Waals surface area contributed by atoms with Gasteiger partial charge in [0.05, 0.1) is 6.20 Å². The highest BCUT2D eigenvalue weighted by molar-refractivity contribution is 9.09. The Balaban J connectivity index is 2.33. The third-order valence-electron chi connectivity index (χ3n) is 3.28. The van der Waals surface area contributed by atoms with Gasteiger partial charge in [-0.1, -0.05) is 22.9 Å². The Labute approximate surface area is 110 Å². The molecule has 0 bridgehead atoms. The largest absolute Gasteiger partial charge is 0.274 e. The highest BCUT2D eigenvalue weighted by Crippen LogP contribution is 2.30. The minimum absolute atomic E-state index is 0.0419. The van der Waals surface area contributed by atoms with Crippen LogP contribution >= 0.6 is 15.9 Å². The summed E-state index contributed by atoms with van der Waals surface area (Å²) in [6, 6.07) is 0.0419. The first-order valence-corrected chi connectivity index (χ1v) is 8.09. The minimum Gasteiger partial charge on any atom is -0.274 e. The molecule has 2 rings (SSSR count). The average Bonchev–Trinajstić information content (AvgIpc) is 2.84. The Hall–Kier alpha value is -0.400. The third kappa shape index (κ3) is 2.28. The number of halogens is 1. The molecule has 1 aromatic rings. The first-order chi connectivity index (χ1) is 7.96. The van der Waals surface area contributed by atoms with Crippen LogP contribution < -0.4 is 0 Å². The molecule has 2 unspecified atom stereocenters. The Kier molecular flexibility index (Phi) is 3.61. The number of rotatable bonds is 3. The summed E-state index contributed by atoms with van der Waals surface area (Å²) in [6.07, 6.45) is 3.86. The zero-order chi connectivity index (χ0) is 12.6. The van der Waals surface area contributed by atoms with Gasteiger partial charge in [0.15, 0.2) is 0 Å². The molecule has 2 heterocycles. The van der Waals surface area contributed by atoms with Crippen molar-refractivity contribution in [3.63, 3.8) is 0 Å². The van der Waals surface area contributed by atoms with Gasteiger partial charge < -0.3 is 0 Å². The SMILES string of the molecule is CC1CCN(S(=O)(=O)c2cnn(C)c2)C1CBr. The number of hydrogen-bond donors (Lipinski definition) is 0. The highest BCUT2D eigenvalue weighted by Gasteiger charge is 2.39. The molecule has 0 spiro atoms. The molecule has 17 heavy (non-hydrogen) atoms. The highest BCUT2D eigenvalue weighted by atomic mass is 79.9. The van der Waals surface area contributed by atoms with Gasteiger partial charge in [0.25, 0.3) is 0 Å². The van der Waals surface area contributed by atoms with Gasteiger partial charge in [-0.2, -0.15) is 9.40 Å². The molecule has 1 aliphatic rings. The van der Waals surface area contributed by atoms with Crippen LogP contribution in [0.5, 0.6) is 0 Å². The number of nitrogens with zero attached hydrogens (tertiary/aromatic N) is 3. The number of aryl methyl sites for hydroxylation is 1. The lowest BCUT2D eigenvalue weighted by Gasteiger charge is -2.23. The van der Waals surface area contributed by atoms with Gasteiger partial charge in [-0.25, -0.2) is 8.42 Å². The van der Waals surface area contributed by atoms with E-state index in [-0.39, 0.29) is 10.9 Å². The van der Waals surface area contributed by atoms with Crippen molar-refractivity contribution in [3.8, 4) is 0 Å². The molecule has 1 aromatic heterocycles. The van der Waals surface area contributed by atoms with Crippen molar-refractivity contribution < 1.29 is 8.42 Å². The fourth-order valence-electron chi connectivity index (χ4n) is 2.17. The monoisotopic (exact) mass is 321 g/mol. The van der Waals surface area contributed by atoms with E-state index < -0.39 is 10.0 Å². The van der Waals surface area contributed by atoms with Gasteiger partial charge in [-0.3, -0.25) is 4.68 Å². The van der Waals surface area contributed by atoms with E-state index in [0.29, 0.717) is 17.8 Å². The normalized spacial score (nSPS) is 26.5. The van der Waals surface area contributed by atoms with Crippen LogP contribution in [0.15, 0.2) is 17.3 Å². The van der Waals surface area contributed by atoms with E-state index in [0.717, 1.165) is 6.42 Å². The summed E-state index contributed by atoms with van der Waals surface area (Å²) < 4.78 is 27.9. The van der Waals surface area contributed by atoms with Crippen molar-refractivity contribution in [2.24, 2.45) is 13.0 Å². The van der Waals surface area contributed by atoms with E-state index in [1.165, 1.54) is 10.9 Å². The van der Waals surface area contributed by atoms with Gasteiger partial charge in [0.2, 0.25) is 10.0 Å². The third-order valence-corrected chi connectivity index (χ3v) is 5.82. The topological polar surface area (TPSA) is 55.2 Å². The number of sulfonamides is 1. The van der Waals surface area contributed by atoms with Crippen molar-refractivity contribution in [1.29, 1.82) is 0 Å². The van der Waals surface area contributed by atoms with Crippen molar-refractivity contribution >= 4 is 26.0 Å². The Bertz CT molecular complexity index is 499. The van der Waals surface area contributed by atoms with Crippen LogP contribution in [0.4, 0.5) is 0 Å². The van der Waals surface area contributed by atoms with Crippen LogP contribution in [0.2, 0.25) is 0 Å². The summed E-state index contributed by atoms with van der Waals surface area (Å²) in [4.78, 5) is 0.278. The summed E-state index contributed by atoms with van der Waals surface area (Å²) in [7, 11) is -1.68. The van der Waals surface area contributed by atoms with Crippen LogP contribution in [0.3, 0.4) is 0 Å². The van der Waals surface area contributed by atoms with Gasteiger partial charge in [0.1, 0.15) is 4.90 Å². The lowest BCUT2D eigenvalue weighted by Crippen LogP contribution is -2.38. The van der Waals surface area contributed by atoms with Crippen molar-refractivity contribution in [1.82, 2.24) is 14.1 Å². The molecule has 7 heteroatoms. The van der Waals surface area contributed by atoms with E-state index in [2.05, 4.69) is 28.0 Å². The molecule has 0 N–H and O–H groups in total. The van der Waals surface area contributed by atoms with Crippen LogP contribution in [0.25, 0.3) is 0 Å². The van der Waals surface area contributed by atoms with E-state index in [1.807, 2.05) is 0 Å². The predicted molar refractivity (Wildman–Crippen MR) is 68.5 cm³/mol. The molecular formula is C10H16BrN3O2S. The summed E-state index contributed by atoms with van der Waals surface area (Å²) in [5, 5.41) is 4.60. The lowest BCUT2D eigenvalue weighted by atomic mass is 10.1. The van der Waals surface area contributed by atoms with Gasteiger partial charge in [-0.15, -0.1) is 0 Å². The van der Waals surface area contributed by atoms with Crippen LogP contribution in [0.1, 0.15) is 13.3 Å². The molecule has 0 radical (unpaired) electrons. The molecule has 0 saturated carbocycles. The zero-order valence-electron chi connectivity index (χ0n) is 9.88. The second-order valence-electron chi connectivity index (χ2n) is 4.45. The molecule has 0 aliphatic carbocycles. The first-order valence-electron chi connectivity index (χ1n) is 5.53. The van der Waals surface area contributed by atoms with E-state index in [1.54, 1.807) is 17.5 Å². The summed E-state index contributed by atoms with van der Waals surface area (Å²) in [5.74, 6) is 0.390. The molecule has 96 valence electrons. The molecule has 2 atom stereocenters. The summed E-state index contributed by atoms with van der Waals surface area (Å²) >= 11 is 3.40. The number of alkyl halides is 1. The number of aromatic nitrogens is 2. The van der Waals surface area contributed by atoms with Crippen LogP contribution in [0, 0.1) is 5.92 Å². The number of hydrogen-bond acceptors (Lipinski definition) is 3. The van der Waals surface area contributed by atoms with Gasteiger partial charge >= 0.3 is 0 Å². The standard InChI is InChI=1S/C10H16BrN3O2S/c1-8-3-4-14(10(8)5-11)17(15,16)9-6-12-13(2)7-9/h6-8,10H,3-5H2,1-2H3. The van der Waals surface area contributed by atoms with E-state index >= 15 is 0 Å². The molecule has 5 nitrogen and oxygen atoms in total. The maximum atomic E-state index is 12.4. The van der Waals surface area contributed by atoms with Gasteiger partial charge in [0, 0.05) is 31.2 Å². The lowest BCUT2D eigenvalue weighted by molar-refractivity contribution is 0.378.